The molecule has 6 heteroatoms. The molecule has 4 nitrogen and oxygen atoms in total. The van der Waals surface area contributed by atoms with Crippen molar-refractivity contribution < 1.29 is 23.1 Å². The highest BCUT2D eigenvalue weighted by Crippen LogP contribution is 2.34. The number of para-hydroxylation sites is 2. The van der Waals surface area contributed by atoms with Crippen molar-refractivity contribution in [1.82, 2.24) is 0 Å². The van der Waals surface area contributed by atoms with E-state index in [4.69, 9.17) is 4.74 Å². The number of benzene rings is 2. The topological polar surface area (TPSA) is 46.6 Å². The number of hydrogen-bond donors (Lipinski definition) is 0. The molecule has 112 valence electrons. The Kier molecular flexibility index (Phi) is 3.58. The zero-order chi connectivity index (χ0) is 15.7. The lowest BCUT2D eigenvalue weighted by Crippen LogP contribution is -2.30. The molecule has 0 saturated heterocycles. The molecular weight excluding hydrogens is 292 g/mol. The fourth-order valence-electron chi connectivity index (χ4n) is 2.32. The highest BCUT2D eigenvalue weighted by atomic mass is 19.3. The molecule has 2 aromatic carbocycles. The van der Waals surface area contributed by atoms with Crippen molar-refractivity contribution in [1.29, 1.82) is 0 Å². The van der Waals surface area contributed by atoms with Gasteiger partial charge in [0.1, 0.15) is 12.4 Å². The molecule has 1 aliphatic rings. The fraction of sp³-hybridized carbons (Fsp3) is 0.125. The van der Waals surface area contributed by atoms with Crippen molar-refractivity contribution in [3.05, 3.63) is 59.7 Å². The molecule has 2 aromatic rings. The number of nitrogens with zero attached hydrogens (tertiary/aromatic N) is 1. The average molecular weight is 303 g/mol. The first-order valence-corrected chi connectivity index (χ1v) is 6.57. The van der Waals surface area contributed by atoms with Crippen LogP contribution in [-0.4, -0.2) is 24.8 Å². The summed E-state index contributed by atoms with van der Waals surface area (Å²) in [6.07, 6.45) is -2.64. The van der Waals surface area contributed by atoms with E-state index in [1.165, 1.54) is 12.1 Å². The smallest absolute Gasteiger partial charge is 0.272 e. The minimum absolute atomic E-state index is 0.0670. The van der Waals surface area contributed by atoms with E-state index < -0.39 is 24.8 Å². The van der Waals surface area contributed by atoms with Gasteiger partial charge in [0.05, 0.1) is 16.8 Å². The zero-order valence-corrected chi connectivity index (χ0v) is 11.3. The average Bonchev–Trinajstić information content (AvgIpc) is 2.78. The lowest BCUT2D eigenvalue weighted by atomic mass is 10.1. The highest BCUT2D eigenvalue weighted by Gasteiger charge is 2.37. The predicted molar refractivity (Wildman–Crippen MR) is 75.5 cm³/mol. The number of amides is 2. The van der Waals surface area contributed by atoms with E-state index >= 15 is 0 Å². The van der Waals surface area contributed by atoms with Gasteiger partial charge in [-0.15, -0.1) is 0 Å². The van der Waals surface area contributed by atoms with Gasteiger partial charge in [0.25, 0.3) is 18.2 Å². The van der Waals surface area contributed by atoms with Crippen LogP contribution in [-0.2, 0) is 0 Å². The number of rotatable bonds is 4. The van der Waals surface area contributed by atoms with E-state index in [-0.39, 0.29) is 22.6 Å². The molecule has 0 atom stereocenters. The highest BCUT2D eigenvalue weighted by molar-refractivity contribution is 6.34. The molecule has 0 bridgehead atoms. The zero-order valence-electron chi connectivity index (χ0n) is 11.3. The Morgan fingerprint density at radius 3 is 2.05 bits per heavy atom. The van der Waals surface area contributed by atoms with Crippen LogP contribution in [0.4, 0.5) is 14.5 Å². The normalized spacial score (nSPS) is 13.7. The van der Waals surface area contributed by atoms with Gasteiger partial charge in [0.2, 0.25) is 0 Å². The third-order valence-electron chi connectivity index (χ3n) is 3.27. The van der Waals surface area contributed by atoms with Crippen LogP contribution in [0.3, 0.4) is 0 Å². The number of ether oxygens (including phenoxy) is 1. The fourth-order valence-corrected chi connectivity index (χ4v) is 2.32. The molecule has 1 aliphatic heterocycles. The van der Waals surface area contributed by atoms with Crippen LogP contribution >= 0.6 is 0 Å². The number of hydrogen-bond acceptors (Lipinski definition) is 3. The van der Waals surface area contributed by atoms with Crippen LogP contribution in [0.2, 0.25) is 0 Å². The molecule has 3 rings (SSSR count). The number of alkyl halides is 2. The van der Waals surface area contributed by atoms with Crippen molar-refractivity contribution in [2.75, 3.05) is 11.5 Å². The summed E-state index contributed by atoms with van der Waals surface area (Å²) in [5.41, 5.74) is 0.738. The third-order valence-corrected chi connectivity index (χ3v) is 3.27. The maximum absolute atomic E-state index is 12.4. The van der Waals surface area contributed by atoms with Crippen molar-refractivity contribution in [3.63, 3.8) is 0 Å². The molecule has 22 heavy (non-hydrogen) atoms. The second kappa shape index (κ2) is 5.55. The van der Waals surface area contributed by atoms with Crippen molar-refractivity contribution in [2.24, 2.45) is 0 Å². The number of halogens is 2. The summed E-state index contributed by atoms with van der Waals surface area (Å²) in [7, 11) is 0. The van der Waals surface area contributed by atoms with Gasteiger partial charge in [-0.25, -0.2) is 13.7 Å². The van der Waals surface area contributed by atoms with Crippen LogP contribution in [0, 0.1) is 0 Å². The van der Waals surface area contributed by atoms with E-state index in [0.29, 0.717) is 0 Å². The van der Waals surface area contributed by atoms with Crippen LogP contribution in [0.1, 0.15) is 20.7 Å². The van der Waals surface area contributed by atoms with Crippen molar-refractivity contribution in [3.8, 4) is 5.75 Å². The Labute approximate surface area is 124 Å². The van der Waals surface area contributed by atoms with E-state index in [0.717, 1.165) is 4.90 Å². The Balaban J connectivity index is 1.99. The molecule has 1 heterocycles. The summed E-state index contributed by atoms with van der Waals surface area (Å²) < 4.78 is 29.7. The largest absolute Gasteiger partial charge is 0.485 e. The van der Waals surface area contributed by atoms with Gasteiger partial charge in [0.15, 0.2) is 0 Å². The number of fused-ring (bicyclic) bond motifs is 1. The molecule has 0 unspecified atom stereocenters. The second-order valence-electron chi connectivity index (χ2n) is 4.66. The summed E-state index contributed by atoms with van der Waals surface area (Å²) in [5, 5.41) is 0. The SMILES string of the molecule is O=C1c2ccccc2C(=O)N1c1ccccc1OCC(F)F. The van der Waals surface area contributed by atoms with E-state index in [1.54, 1.807) is 36.4 Å². The van der Waals surface area contributed by atoms with Gasteiger partial charge in [-0.2, -0.15) is 0 Å². The first-order valence-electron chi connectivity index (χ1n) is 6.57. The Hall–Kier alpha value is -2.76. The van der Waals surface area contributed by atoms with Crippen molar-refractivity contribution >= 4 is 17.5 Å². The van der Waals surface area contributed by atoms with Crippen LogP contribution in [0.5, 0.6) is 5.75 Å². The third kappa shape index (κ3) is 2.32. The molecule has 0 aliphatic carbocycles. The number of carbonyl (C=O) groups excluding carboxylic acids is 2. The van der Waals surface area contributed by atoms with E-state index in [2.05, 4.69) is 0 Å². The van der Waals surface area contributed by atoms with Gasteiger partial charge < -0.3 is 4.74 Å². The maximum atomic E-state index is 12.4. The Bertz CT molecular complexity index is 711. The first-order chi connectivity index (χ1) is 10.6. The molecule has 2 amide bonds. The number of carbonyl (C=O) groups is 2. The summed E-state index contributed by atoms with van der Waals surface area (Å²) in [5.74, 6) is -0.917. The van der Waals surface area contributed by atoms with Gasteiger partial charge in [-0.05, 0) is 24.3 Å². The second-order valence-corrected chi connectivity index (χ2v) is 4.66. The van der Waals surface area contributed by atoms with Gasteiger partial charge in [-0.1, -0.05) is 24.3 Å². The molecule has 0 fully saturated rings. The maximum Gasteiger partial charge on any atom is 0.272 e. The Morgan fingerprint density at radius 2 is 1.45 bits per heavy atom. The molecular formula is C16H11F2NO3. The monoisotopic (exact) mass is 303 g/mol. The predicted octanol–water partition coefficient (Wildman–Crippen LogP) is 3.13. The lowest BCUT2D eigenvalue weighted by Gasteiger charge is -2.18. The molecule has 0 radical (unpaired) electrons. The van der Waals surface area contributed by atoms with E-state index in [9.17, 15) is 18.4 Å². The number of anilines is 1. The minimum Gasteiger partial charge on any atom is -0.485 e. The van der Waals surface area contributed by atoms with Gasteiger partial charge in [0, 0.05) is 0 Å². The molecule has 0 saturated carbocycles. The van der Waals surface area contributed by atoms with Crippen molar-refractivity contribution in [2.45, 2.75) is 6.43 Å². The van der Waals surface area contributed by atoms with Crippen LogP contribution in [0.25, 0.3) is 0 Å². The van der Waals surface area contributed by atoms with Gasteiger partial charge >= 0.3 is 0 Å². The minimum atomic E-state index is -2.64. The molecule has 0 aromatic heterocycles. The van der Waals surface area contributed by atoms with Crippen LogP contribution < -0.4 is 9.64 Å². The summed E-state index contributed by atoms with van der Waals surface area (Å²) in [6, 6.07) is 12.6. The van der Waals surface area contributed by atoms with E-state index in [1.807, 2.05) is 0 Å². The lowest BCUT2D eigenvalue weighted by molar-refractivity contribution is 0.0817. The van der Waals surface area contributed by atoms with Gasteiger partial charge in [-0.3, -0.25) is 9.59 Å². The standard InChI is InChI=1S/C16H11F2NO3/c17-14(18)9-22-13-8-4-3-7-12(13)19-15(20)10-5-1-2-6-11(10)16(19)21/h1-8,14H,9H2. The van der Waals surface area contributed by atoms with Crippen LogP contribution in [0.15, 0.2) is 48.5 Å². The summed E-state index contributed by atoms with van der Waals surface area (Å²) in [4.78, 5) is 25.7. The summed E-state index contributed by atoms with van der Waals surface area (Å²) in [6.45, 7) is -0.805. The number of imide groups is 1. The molecule has 0 spiro atoms. The quantitative estimate of drug-likeness (QED) is 0.815. The first kappa shape index (κ1) is 14.2. The summed E-state index contributed by atoms with van der Waals surface area (Å²) >= 11 is 0. The molecule has 0 N–H and O–H groups in total. The Morgan fingerprint density at radius 1 is 0.909 bits per heavy atom.